The standard InChI is InChI=1S/C10H15.O.Re/c1-7-6-10(4,5)9(3)8(7)2;;/h1-5H3;;. The fourth-order valence-electron chi connectivity index (χ4n) is 1.70. The third-order valence-corrected chi connectivity index (χ3v) is 6.29. The molecule has 1 nitrogen and oxygen atoms in total. The number of hydrogen-bond donors (Lipinski definition) is 0. The predicted molar refractivity (Wildman–Crippen MR) is 45.5 cm³/mol. The fraction of sp³-hybridized carbons (Fsp3) is 0.600. The summed E-state index contributed by atoms with van der Waals surface area (Å²) >= 11 is -1.35. The first-order valence-corrected chi connectivity index (χ1v) is 6.56. The van der Waals surface area contributed by atoms with Crippen molar-refractivity contribution in [2.45, 2.75) is 34.6 Å². The van der Waals surface area contributed by atoms with E-state index in [0.29, 0.717) is 0 Å². The van der Waals surface area contributed by atoms with Crippen LogP contribution < -0.4 is 0 Å². The van der Waals surface area contributed by atoms with Gasteiger partial charge in [0, 0.05) is 0 Å². The third-order valence-electron chi connectivity index (χ3n) is 3.02. The van der Waals surface area contributed by atoms with Gasteiger partial charge in [0.25, 0.3) is 0 Å². The average molecular weight is 337 g/mol. The molecule has 1 aliphatic rings. The van der Waals surface area contributed by atoms with Gasteiger partial charge in [-0.15, -0.1) is 0 Å². The first-order valence-electron chi connectivity index (χ1n) is 4.09. The van der Waals surface area contributed by atoms with Crippen LogP contribution in [-0.4, -0.2) is 0 Å². The molecule has 12 heavy (non-hydrogen) atoms. The van der Waals surface area contributed by atoms with Crippen molar-refractivity contribution in [3.05, 3.63) is 20.8 Å². The van der Waals surface area contributed by atoms with Gasteiger partial charge in [-0.3, -0.25) is 0 Å². The third kappa shape index (κ3) is 1.18. The molecule has 0 heterocycles. The van der Waals surface area contributed by atoms with Crippen LogP contribution in [-0.2, 0) is 21.4 Å². The molecule has 0 aromatic heterocycles. The second kappa shape index (κ2) is 3.01. The van der Waals surface area contributed by atoms with Crippen LogP contribution in [0.15, 0.2) is 20.8 Å². The molecule has 0 aromatic carbocycles. The summed E-state index contributed by atoms with van der Waals surface area (Å²) < 4.78 is 12.3. The quantitative estimate of drug-likeness (QED) is 0.719. The van der Waals surface area contributed by atoms with Gasteiger partial charge in [0.05, 0.1) is 0 Å². The van der Waals surface area contributed by atoms with Crippen molar-refractivity contribution in [1.82, 2.24) is 0 Å². The Balaban J connectivity index is 3.33. The second-order valence-corrected chi connectivity index (χ2v) is 5.80. The van der Waals surface area contributed by atoms with E-state index >= 15 is 0 Å². The molecule has 0 amide bonds. The summed E-state index contributed by atoms with van der Waals surface area (Å²) in [5.41, 5.74) is 4.10. The molecule has 0 unspecified atom stereocenters. The fourth-order valence-corrected chi connectivity index (χ4v) is 3.83. The van der Waals surface area contributed by atoms with Gasteiger partial charge in [0.1, 0.15) is 0 Å². The van der Waals surface area contributed by atoms with Gasteiger partial charge in [0.2, 0.25) is 0 Å². The molecule has 0 radical (unpaired) electrons. The minimum atomic E-state index is -1.35. The molecular weight excluding hydrogens is 322 g/mol. The van der Waals surface area contributed by atoms with Crippen molar-refractivity contribution >= 4 is 0 Å². The van der Waals surface area contributed by atoms with E-state index < -0.39 is 17.9 Å². The van der Waals surface area contributed by atoms with E-state index in [1.54, 1.807) is 0 Å². The molecule has 2 heteroatoms. The zero-order valence-electron chi connectivity index (χ0n) is 8.29. The van der Waals surface area contributed by atoms with Crippen LogP contribution in [0.3, 0.4) is 0 Å². The Morgan fingerprint density at radius 1 is 1.08 bits per heavy atom. The molecule has 0 spiro atoms. The van der Waals surface area contributed by atoms with Gasteiger partial charge in [-0.1, -0.05) is 0 Å². The van der Waals surface area contributed by atoms with Crippen molar-refractivity contribution in [3.8, 4) is 0 Å². The Labute approximate surface area is 82.4 Å². The average Bonchev–Trinajstić information content (AvgIpc) is 2.13. The van der Waals surface area contributed by atoms with Gasteiger partial charge in [-0.05, 0) is 0 Å². The van der Waals surface area contributed by atoms with Crippen LogP contribution in [0.25, 0.3) is 0 Å². The molecule has 0 saturated carbocycles. The van der Waals surface area contributed by atoms with Gasteiger partial charge in [-0.2, -0.15) is 0 Å². The van der Waals surface area contributed by atoms with Crippen LogP contribution in [0.4, 0.5) is 0 Å². The molecule has 0 saturated heterocycles. The van der Waals surface area contributed by atoms with Crippen LogP contribution in [0.1, 0.15) is 34.6 Å². The van der Waals surface area contributed by atoms with Gasteiger partial charge >= 0.3 is 82.2 Å². The summed E-state index contributed by atoms with van der Waals surface area (Å²) in [5, 5.41) is 0. The van der Waals surface area contributed by atoms with Crippen molar-refractivity contribution < 1.29 is 21.4 Å². The number of rotatable bonds is 1. The summed E-state index contributed by atoms with van der Waals surface area (Å²) in [6.45, 7) is 10.7. The summed E-state index contributed by atoms with van der Waals surface area (Å²) in [5.74, 6) is 0. The van der Waals surface area contributed by atoms with E-state index in [4.69, 9.17) is 0 Å². The molecule has 1 aliphatic carbocycles. The van der Waals surface area contributed by atoms with E-state index in [9.17, 15) is 3.47 Å². The molecule has 0 atom stereocenters. The predicted octanol–water partition coefficient (Wildman–Crippen LogP) is 3.06. The Morgan fingerprint density at radius 3 is 1.75 bits per heavy atom. The van der Waals surface area contributed by atoms with Gasteiger partial charge < -0.3 is 0 Å². The maximum absolute atomic E-state index is 11.1. The topological polar surface area (TPSA) is 17.1 Å². The number of allylic oxidation sites excluding steroid dienone is 4. The molecule has 68 valence electrons. The monoisotopic (exact) mass is 338 g/mol. The molecule has 1 rings (SSSR count). The van der Waals surface area contributed by atoms with Crippen molar-refractivity contribution in [1.29, 1.82) is 0 Å². The molecular formula is C10H15ORe. The zero-order chi connectivity index (χ0) is 9.52. The molecule has 0 fully saturated rings. The second-order valence-electron chi connectivity index (χ2n) is 3.89. The molecule has 0 bridgehead atoms. The van der Waals surface area contributed by atoms with Gasteiger partial charge in [-0.25, -0.2) is 0 Å². The van der Waals surface area contributed by atoms with E-state index in [1.165, 1.54) is 20.8 Å². The van der Waals surface area contributed by atoms with Crippen molar-refractivity contribution in [3.63, 3.8) is 0 Å². The first-order chi connectivity index (χ1) is 5.42. The first kappa shape index (κ1) is 10.0. The maximum atomic E-state index is 11.1. The minimum absolute atomic E-state index is 0.0777. The number of hydrogen-bond acceptors (Lipinski definition) is 1. The van der Waals surface area contributed by atoms with Crippen LogP contribution >= 0.6 is 0 Å². The summed E-state index contributed by atoms with van der Waals surface area (Å²) in [7, 11) is 0. The Kier molecular flexibility index (Phi) is 2.52. The molecule has 0 aromatic rings. The van der Waals surface area contributed by atoms with E-state index in [-0.39, 0.29) is 5.41 Å². The normalized spacial score (nSPS) is 22.4. The van der Waals surface area contributed by atoms with Crippen molar-refractivity contribution in [2.24, 2.45) is 5.41 Å². The molecule has 0 aliphatic heterocycles. The van der Waals surface area contributed by atoms with Gasteiger partial charge in [0.15, 0.2) is 0 Å². The Bertz CT molecular complexity index is 295. The summed E-state index contributed by atoms with van der Waals surface area (Å²) in [6.07, 6.45) is 0. The van der Waals surface area contributed by atoms with E-state index in [1.807, 2.05) is 0 Å². The summed E-state index contributed by atoms with van der Waals surface area (Å²) in [4.78, 5) is 0. The van der Waals surface area contributed by atoms with Crippen molar-refractivity contribution in [2.75, 3.05) is 0 Å². The Morgan fingerprint density at radius 2 is 1.58 bits per heavy atom. The van der Waals surface area contributed by atoms with Crippen LogP contribution in [0.2, 0.25) is 0 Å². The molecule has 0 N–H and O–H groups in total. The van der Waals surface area contributed by atoms with E-state index in [2.05, 4.69) is 34.6 Å². The SMILES string of the molecule is CC1=C(C)C(C)(C)[C]([Re]=[O])=C1C. The van der Waals surface area contributed by atoms with Crippen LogP contribution in [0, 0.1) is 5.41 Å². The van der Waals surface area contributed by atoms with E-state index in [0.717, 1.165) is 0 Å². The Hall–Kier alpha value is -0.0577. The zero-order valence-corrected chi connectivity index (χ0v) is 11.0. The van der Waals surface area contributed by atoms with Crippen LogP contribution in [0.5, 0.6) is 0 Å². The summed E-state index contributed by atoms with van der Waals surface area (Å²) in [6, 6.07) is 0.